The molecule has 0 aromatic heterocycles. The molecule has 16 heavy (non-hydrogen) atoms. The van der Waals surface area contributed by atoms with E-state index in [2.05, 4.69) is 5.32 Å². The van der Waals surface area contributed by atoms with Crippen molar-refractivity contribution in [2.24, 2.45) is 5.41 Å². The predicted octanol–water partition coefficient (Wildman–Crippen LogP) is 3.07. The highest BCUT2D eigenvalue weighted by Gasteiger charge is 2.36. The zero-order chi connectivity index (χ0) is 11.6. The molecule has 2 heteroatoms. The van der Waals surface area contributed by atoms with E-state index in [9.17, 15) is 4.39 Å². The van der Waals surface area contributed by atoms with Gasteiger partial charge >= 0.3 is 0 Å². The molecule has 88 valence electrons. The van der Waals surface area contributed by atoms with E-state index in [0.29, 0.717) is 5.41 Å². The van der Waals surface area contributed by atoms with Gasteiger partial charge in [-0.1, -0.05) is 12.5 Å². The van der Waals surface area contributed by atoms with Crippen molar-refractivity contribution in [3.8, 4) is 0 Å². The summed E-state index contributed by atoms with van der Waals surface area (Å²) in [5, 5.41) is 3.29. The highest BCUT2D eigenvalue weighted by atomic mass is 19.1. The van der Waals surface area contributed by atoms with E-state index in [1.807, 2.05) is 20.0 Å². The van der Waals surface area contributed by atoms with Crippen LogP contribution < -0.4 is 5.32 Å². The van der Waals surface area contributed by atoms with Gasteiger partial charge in [0.15, 0.2) is 0 Å². The van der Waals surface area contributed by atoms with Crippen LogP contribution in [0.4, 0.5) is 4.39 Å². The molecule has 0 atom stereocenters. The molecule has 0 radical (unpaired) electrons. The van der Waals surface area contributed by atoms with Crippen molar-refractivity contribution in [2.45, 2.75) is 32.6 Å². The standard InChI is InChI=1S/C14H20FN/c1-11-8-13(15)5-4-12(11)9-14(10-16-2)6-3-7-14/h4-5,8,16H,3,6-7,9-10H2,1-2H3. The summed E-state index contributed by atoms with van der Waals surface area (Å²) < 4.78 is 13.0. The monoisotopic (exact) mass is 221 g/mol. The van der Waals surface area contributed by atoms with Crippen LogP contribution in [0.3, 0.4) is 0 Å². The van der Waals surface area contributed by atoms with Gasteiger partial charge in [0.1, 0.15) is 5.82 Å². The van der Waals surface area contributed by atoms with E-state index in [-0.39, 0.29) is 5.82 Å². The molecule has 1 nitrogen and oxygen atoms in total. The minimum absolute atomic E-state index is 0.127. The van der Waals surface area contributed by atoms with Crippen LogP contribution in [0, 0.1) is 18.2 Å². The van der Waals surface area contributed by atoms with Gasteiger partial charge in [-0.15, -0.1) is 0 Å². The maximum atomic E-state index is 13.0. The molecule has 0 aliphatic heterocycles. The number of aryl methyl sites for hydroxylation is 1. The van der Waals surface area contributed by atoms with Gasteiger partial charge in [-0.25, -0.2) is 4.39 Å². The summed E-state index contributed by atoms with van der Waals surface area (Å²) in [5.74, 6) is -0.127. The molecule has 0 saturated heterocycles. The normalized spacial score (nSPS) is 18.2. The zero-order valence-electron chi connectivity index (χ0n) is 10.1. The van der Waals surface area contributed by atoms with Gasteiger partial charge in [-0.05, 0) is 61.9 Å². The zero-order valence-corrected chi connectivity index (χ0v) is 10.1. The van der Waals surface area contributed by atoms with Crippen molar-refractivity contribution in [2.75, 3.05) is 13.6 Å². The number of benzene rings is 1. The first kappa shape index (κ1) is 11.6. The molecule has 2 rings (SSSR count). The number of hydrogen-bond donors (Lipinski definition) is 1. The first-order valence-corrected chi connectivity index (χ1v) is 6.05. The first-order valence-electron chi connectivity index (χ1n) is 6.05. The van der Waals surface area contributed by atoms with Crippen LogP contribution in [0.1, 0.15) is 30.4 Å². The molecule has 1 fully saturated rings. The van der Waals surface area contributed by atoms with Crippen molar-refractivity contribution in [1.82, 2.24) is 5.32 Å². The van der Waals surface area contributed by atoms with Gasteiger partial charge in [0.2, 0.25) is 0 Å². The van der Waals surface area contributed by atoms with Crippen molar-refractivity contribution in [1.29, 1.82) is 0 Å². The van der Waals surface area contributed by atoms with Crippen LogP contribution >= 0.6 is 0 Å². The fourth-order valence-corrected chi connectivity index (χ4v) is 2.73. The molecule has 0 amide bonds. The van der Waals surface area contributed by atoms with Crippen LogP contribution in [0.15, 0.2) is 18.2 Å². The first-order chi connectivity index (χ1) is 7.65. The number of nitrogens with one attached hydrogen (secondary N) is 1. The number of hydrogen-bond acceptors (Lipinski definition) is 1. The lowest BCUT2D eigenvalue weighted by molar-refractivity contribution is 0.133. The molecule has 1 aromatic rings. The molecule has 1 aliphatic carbocycles. The predicted molar refractivity (Wildman–Crippen MR) is 65.1 cm³/mol. The maximum absolute atomic E-state index is 13.0. The summed E-state index contributed by atoms with van der Waals surface area (Å²) in [4.78, 5) is 0. The minimum atomic E-state index is -0.127. The molecule has 0 spiro atoms. The van der Waals surface area contributed by atoms with Crippen molar-refractivity contribution >= 4 is 0 Å². The van der Waals surface area contributed by atoms with Gasteiger partial charge in [-0.3, -0.25) is 0 Å². The largest absolute Gasteiger partial charge is 0.319 e. The Morgan fingerprint density at radius 2 is 2.12 bits per heavy atom. The summed E-state index contributed by atoms with van der Waals surface area (Å²) in [6, 6.07) is 5.16. The van der Waals surface area contributed by atoms with Crippen LogP contribution in [0.5, 0.6) is 0 Å². The average Bonchev–Trinajstić information content (AvgIpc) is 2.18. The second kappa shape index (κ2) is 4.54. The summed E-state index contributed by atoms with van der Waals surface area (Å²) in [7, 11) is 2.01. The molecule has 1 N–H and O–H groups in total. The van der Waals surface area contributed by atoms with Crippen molar-refractivity contribution in [3.63, 3.8) is 0 Å². The summed E-state index contributed by atoms with van der Waals surface area (Å²) in [6.07, 6.45) is 5.01. The Balaban J connectivity index is 2.13. The fraction of sp³-hybridized carbons (Fsp3) is 0.571. The molecule has 1 saturated carbocycles. The molecule has 0 unspecified atom stereocenters. The van der Waals surface area contributed by atoms with Gasteiger partial charge in [0.25, 0.3) is 0 Å². The van der Waals surface area contributed by atoms with E-state index in [1.54, 1.807) is 12.1 Å². The molecule has 0 heterocycles. The smallest absolute Gasteiger partial charge is 0.123 e. The van der Waals surface area contributed by atoms with Crippen molar-refractivity contribution < 1.29 is 4.39 Å². The highest BCUT2D eigenvalue weighted by molar-refractivity contribution is 5.28. The van der Waals surface area contributed by atoms with Crippen LogP contribution in [0.2, 0.25) is 0 Å². The van der Waals surface area contributed by atoms with E-state index >= 15 is 0 Å². The molecular weight excluding hydrogens is 201 g/mol. The van der Waals surface area contributed by atoms with Crippen LogP contribution in [0.25, 0.3) is 0 Å². The summed E-state index contributed by atoms with van der Waals surface area (Å²) >= 11 is 0. The lowest BCUT2D eigenvalue weighted by atomic mass is 9.65. The third-order valence-electron chi connectivity index (χ3n) is 3.84. The van der Waals surface area contributed by atoms with Crippen LogP contribution in [-0.4, -0.2) is 13.6 Å². The molecular formula is C14H20FN. The molecule has 1 aromatic carbocycles. The van der Waals surface area contributed by atoms with E-state index in [1.165, 1.54) is 24.8 Å². The Bertz CT molecular complexity index is 369. The van der Waals surface area contributed by atoms with Gasteiger partial charge in [-0.2, -0.15) is 0 Å². The lowest BCUT2D eigenvalue weighted by Gasteiger charge is -2.42. The van der Waals surface area contributed by atoms with Gasteiger partial charge in [0, 0.05) is 6.54 Å². The maximum Gasteiger partial charge on any atom is 0.123 e. The third-order valence-corrected chi connectivity index (χ3v) is 3.84. The van der Waals surface area contributed by atoms with E-state index < -0.39 is 0 Å². The Kier molecular flexibility index (Phi) is 3.29. The van der Waals surface area contributed by atoms with E-state index in [4.69, 9.17) is 0 Å². The second-order valence-corrected chi connectivity index (χ2v) is 5.13. The number of rotatable bonds is 4. The number of halogens is 1. The summed E-state index contributed by atoms with van der Waals surface area (Å²) in [5.41, 5.74) is 2.82. The van der Waals surface area contributed by atoms with E-state index in [0.717, 1.165) is 18.5 Å². The molecule has 0 bridgehead atoms. The molecule has 1 aliphatic rings. The Morgan fingerprint density at radius 3 is 2.62 bits per heavy atom. The fourth-order valence-electron chi connectivity index (χ4n) is 2.73. The average molecular weight is 221 g/mol. The Labute approximate surface area is 97.1 Å². The van der Waals surface area contributed by atoms with Gasteiger partial charge in [0.05, 0.1) is 0 Å². The minimum Gasteiger partial charge on any atom is -0.319 e. The highest BCUT2D eigenvalue weighted by Crippen LogP contribution is 2.43. The second-order valence-electron chi connectivity index (χ2n) is 5.13. The Hall–Kier alpha value is -0.890. The van der Waals surface area contributed by atoms with Crippen molar-refractivity contribution in [3.05, 3.63) is 35.1 Å². The quantitative estimate of drug-likeness (QED) is 0.824. The summed E-state index contributed by atoms with van der Waals surface area (Å²) in [6.45, 7) is 3.08. The van der Waals surface area contributed by atoms with Crippen LogP contribution in [-0.2, 0) is 6.42 Å². The third kappa shape index (κ3) is 2.27. The Morgan fingerprint density at radius 1 is 1.38 bits per heavy atom. The SMILES string of the molecule is CNCC1(Cc2ccc(F)cc2C)CCC1. The topological polar surface area (TPSA) is 12.0 Å². The lowest BCUT2D eigenvalue weighted by Crippen LogP contribution is -2.40. The van der Waals surface area contributed by atoms with Gasteiger partial charge < -0.3 is 5.32 Å².